The molecular weight excluding hydrogens is 220 g/mol. The summed E-state index contributed by atoms with van der Waals surface area (Å²) in [5.41, 5.74) is 0. The van der Waals surface area contributed by atoms with Crippen LogP contribution in [0.2, 0.25) is 0 Å². The molecule has 0 spiro atoms. The van der Waals surface area contributed by atoms with Crippen LogP contribution < -0.4 is 5.32 Å². The van der Waals surface area contributed by atoms with E-state index in [-0.39, 0.29) is 18.1 Å². The number of morpholine rings is 1. The maximum atomic E-state index is 12.3. The fourth-order valence-electron chi connectivity index (χ4n) is 2.29. The van der Waals surface area contributed by atoms with E-state index in [1.807, 2.05) is 4.90 Å². The van der Waals surface area contributed by atoms with E-state index in [4.69, 9.17) is 9.47 Å². The summed E-state index contributed by atoms with van der Waals surface area (Å²) in [6.45, 7) is 6.33. The maximum Gasteiger partial charge on any atom is 0.242 e. The number of hydrogen-bond donors (Lipinski definition) is 1. The number of nitrogens with one attached hydrogen (secondary N) is 1. The number of ether oxygens (including phenoxy) is 2. The van der Waals surface area contributed by atoms with Gasteiger partial charge in [-0.25, -0.2) is 0 Å². The first-order valence-corrected chi connectivity index (χ1v) is 6.52. The fraction of sp³-hybridized carbons (Fsp3) is 0.917. The summed E-state index contributed by atoms with van der Waals surface area (Å²) in [5.74, 6) is 0.161. The Morgan fingerprint density at radius 2 is 2.35 bits per heavy atom. The van der Waals surface area contributed by atoms with E-state index in [0.717, 1.165) is 32.5 Å². The Morgan fingerprint density at radius 3 is 3.06 bits per heavy atom. The van der Waals surface area contributed by atoms with E-state index in [9.17, 15) is 4.79 Å². The molecule has 5 nitrogen and oxygen atoms in total. The monoisotopic (exact) mass is 242 g/mol. The first-order valence-electron chi connectivity index (χ1n) is 6.52. The van der Waals surface area contributed by atoms with Crippen LogP contribution in [0.15, 0.2) is 0 Å². The van der Waals surface area contributed by atoms with Crippen molar-refractivity contribution in [3.8, 4) is 0 Å². The van der Waals surface area contributed by atoms with Gasteiger partial charge in [0.25, 0.3) is 0 Å². The topological polar surface area (TPSA) is 50.8 Å². The number of rotatable bonds is 2. The summed E-state index contributed by atoms with van der Waals surface area (Å²) in [6.07, 6.45) is 2.07. The molecule has 2 aliphatic heterocycles. The van der Waals surface area contributed by atoms with E-state index >= 15 is 0 Å². The van der Waals surface area contributed by atoms with Crippen LogP contribution in [0.4, 0.5) is 0 Å². The average molecular weight is 242 g/mol. The first kappa shape index (κ1) is 12.8. The van der Waals surface area contributed by atoms with Crippen LogP contribution in [-0.2, 0) is 14.3 Å². The van der Waals surface area contributed by atoms with Crippen LogP contribution in [0, 0.1) is 0 Å². The van der Waals surface area contributed by atoms with Gasteiger partial charge in [-0.15, -0.1) is 0 Å². The predicted octanol–water partition coefficient (Wildman–Crippen LogP) is 0.00230. The lowest BCUT2D eigenvalue weighted by Gasteiger charge is -2.30. The van der Waals surface area contributed by atoms with Gasteiger partial charge in [0, 0.05) is 26.2 Å². The van der Waals surface area contributed by atoms with Crippen molar-refractivity contribution in [3.05, 3.63) is 0 Å². The van der Waals surface area contributed by atoms with Crippen LogP contribution in [0.3, 0.4) is 0 Å². The number of carbonyl (C=O) groups is 1. The second kappa shape index (κ2) is 6.33. The first-order chi connectivity index (χ1) is 8.31. The maximum absolute atomic E-state index is 12.3. The van der Waals surface area contributed by atoms with Gasteiger partial charge in [0.05, 0.1) is 19.3 Å². The Labute approximate surface area is 102 Å². The number of hydrogen-bond acceptors (Lipinski definition) is 4. The third kappa shape index (κ3) is 3.40. The molecule has 98 valence electrons. The highest BCUT2D eigenvalue weighted by Crippen LogP contribution is 2.10. The molecule has 5 heteroatoms. The van der Waals surface area contributed by atoms with Gasteiger partial charge in [0.2, 0.25) is 5.91 Å². The lowest BCUT2D eigenvalue weighted by Crippen LogP contribution is -2.53. The second-order valence-corrected chi connectivity index (χ2v) is 4.62. The van der Waals surface area contributed by atoms with Crippen LogP contribution in [0.25, 0.3) is 0 Å². The van der Waals surface area contributed by atoms with Crippen LogP contribution in [0.5, 0.6) is 0 Å². The van der Waals surface area contributed by atoms with Crippen LogP contribution in [-0.4, -0.2) is 62.4 Å². The molecule has 0 aromatic carbocycles. The third-order valence-corrected chi connectivity index (χ3v) is 3.34. The molecule has 0 aliphatic carbocycles. The summed E-state index contributed by atoms with van der Waals surface area (Å²) in [6, 6.07) is -0.167. The summed E-state index contributed by atoms with van der Waals surface area (Å²) in [5, 5.41) is 3.21. The van der Waals surface area contributed by atoms with Crippen molar-refractivity contribution in [3.63, 3.8) is 0 Å². The quantitative estimate of drug-likeness (QED) is 0.740. The Balaban J connectivity index is 1.91. The minimum atomic E-state index is -0.167. The summed E-state index contributed by atoms with van der Waals surface area (Å²) >= 11 is 0. The molecule has 0 saturated carbocycles. The molecule has 0 radical (unpaired) electrons. The zero-order valence-corrected chi connectivity index (χ0v) is 10.5. The highest BCUT2D eigenvalue weighted by molar-refractivity contribution is 5.82. The van der Waals surface area contributed by atoms with E-state index < -0.39 is 0 Å². The van der Waals surface area contributed by atoms with Gasteiger partial charge in [0.1, 0.15) is 6.04 Å². The minimum Gasteiger partial charge on any atom is -0.378 e. The average Bonchev–Trinajstić information content (AvgIpc) is 2.64. The molecule has 2 fully saturated rings. The molecule has 2 saturated heterocycles. The number of carbonyl (C=O) groups excluding carboxylic acids is 1. The van der Waals surface area contributed by atoms with Crippen molar-refractivity contribution < 1.29 is 14.3 Å². The van der Waals surface area contributed by atoms with Crippen molar-refractivity contribution in [1.29, 1.82) is 0 Å². The fourth-order valence-corrected chi connectivity index (χ4v) is 2.29. The van der Waals surface area contributed by atoms with Gasteiger partial charge >= 0.3 is 0 Å². The van der Waals surface area contributed by atoms with Gasteiger partial charge < -0.3 is 19.7 Å². The standard InChI is InChI=1S/C12H22N2O3/c1-2-10-8-14(5-3-6-17-10)12(15)11-9-16-7-4-13-11/h10-11,13H,2-9H2,1H3. The largest absolute Gasteiger partial charge is 0.378 e. The summed E-state index contributed by atoms with van der Waals surface area (Å²) < 4.78 is 11.0. The molecule has 2 rings (SSSR count). The Morgan fingerprint density at radius 1 is 1.47 bits per heavy atom. The minimum absolute atomic E-state index is 0.161. The molecule has 2 aliphatic rings. The SMILES string of the molecule is CCC1CN(C(=O)C2COCCN2)CCCO1. The lowest BCUT2D eigenvalue weighted by molar-refractivity contribution is -0.137. The molecular formula is C12H22N2O3. The van der Waals surface area contributed by atoms with Gasteiger partial charge in [-0.2, -0.15) is 0 Å². The van der Waals surface area contributed by atoms with E-state index in [2.05, 4.69) is 12.2 Å². The summed E-state index contributed by atoms with van der Waals surface area (Å²) in [7, 11) is 0. The molecule has 1 N–H and O–H groups in total. The third-order valence-electron chi connectivity index (χ3n) is 3.34. The Kier molecular flexibility index (Phi) is 4.76. The van der Waals surface area contributed by atoms with Gasteiger partial charge in [-0.3, -0.25) is 4.79 Å². The molecule has 0 bridgehead atoms. The van der Waals surface area contributed by atoms with Crippen molar-refractivity contribution in [1.82, 2.24) is 10.2 Å². The molecule has 17 heavy (non-hydrogen) atoms. The van der Waals surface area contributed by atoms with Gasteiger partial charge in [0.15, 0.2) is 0 Å². The number of nitrogens with zero attached hydrogens (tertiary/aromatic N) is 1. The van der Waals surface area contributed by atoms with Crippen molar-refractivity contribution in [2.75, 3.05) is 39.5 Å². The van der Waals surface area contributed by atoms with Crippen LogP contribution in [0.1, 0.15) is 19.8 Å². The van der Waals surface area contributed by atoms with Crippen LogP contribution >= 0.6 is 0 Å². The van der Waals surface area contributed by atoms with Crippen molar-refractivity contribution in [2.45, 2.75) is 31.9 Å². The second-order valence-electron chi connectivity index (χ2n) is 4.62. The zero-order chi connectivity index (χ0) is 12.1. The van der Waals surface area contributed by atoms with Crippen molar-refractivity contribution in [2.24, 2.45) is 0 Å². The smallest absolute Gasteiger partial charge is 0.242 e. The van der Waals surface area contributed by atoms with E-state index in [0.29, 0.717) is 19.8 Å². The van der Waals surface area contributed by atoms with Gasteiger partial charge in [-0.1, -0.05) is 6.92 Å². The molecule has 2 unspecified atom stereocenters. The lowest BCUT2D eigenvalue weighted by atomic mass is 10.2. The molecule has 0 aromatic heterocycles. The normalized spacial score (nSPS) is 31.0. The van der Waals surface area contributed by atoms with Crippen molar-refractivity contribution >= 4 is 5.91 Å². The molecule has 1 amide bonds. The van der Waals surface area contributed by atoms with E-state index in [1.165, 1.54) is 0 Å². The van der Waals surface area contributed by atoms with Gasteiger partial charge in [-0.05, 0) is 12.8 Å². The Bertz CT molecular complexity index is 254. The zero-order valence-electron chi connectivity index (χ0n) is 10.5. The molecule has 0 aromatic rings. The molecule has 2 atom stereocenters. The Hall–Kier alpha value is -0.650. The summed E-state index contributed by atoms with van der Waals surface area (Å²) in [4.78, 5) is 14.2. The molecule has 2 heterocycles. The highest BCUT2D eigenvalue weighted by atomic mass is 16.5. The predicted molar refractivity (Wildman–Crippen MR) is 63.8 cm³/mol. The van der Waals surface area contributed by atoms with E-state index in [1.54, 1.807) is 0 Å². The number of amides is 1. The highest BCUT2D eigenvalue weighted by Gasteiger charge is 2.28.